The summed E-state index contributed by atoms with van der Waals surface area (Å²) in [6, 6.07) is 9.96. The summed E-state index contributed by atoms with van der Waals surface area (Å²) < 4.78 is 26.8. The van der Waals surface area contributed by atoms with Crippen LogP contribution < -0.4 is 19.9 Å². The molecule has 0 atom stereocenters. The molecule has 0 aliphatic carbocycles. The number of hydrogen-bond donors (Lipinski definition) is 2. The van der Waals surface area contributed by atoms with Crippen LogP contribution >= 0.6 is 0 Å². The summed E-state index contributed by atoms with van der Waals surface area (Å²) in [5.74, 6) is 0.695. The van der Waals surface area contributed by atoms with Crippen LogP contribution in [0.1, 0.15) is 17.5 Å². The Kier molecular flexibility index (Phi) is 12.8. The van der Waals surface area contributed by atoms with E-state index in [2.05, 4.69) is 0 Å². The summed E-state index contributed by atoms with van der Waals surface area (Å²) >= 11 is 0. The Labute approximate surface area is 211 Å². The van der Waals surface area contributed by atoms with E-state index in [0.29, 0.717) is 62.4 Å². The average molecular weight is 500 g/mol. The molecule has 0 amide bonds. The van der Waals surface area contributed by atoms with Crippen LogP contribution in [0.3, 0.4) is 0 Å². The van der Waals surface area contributed by atoms with Crippen molar-refractivity contribution >= 4 is 23.7 Å². The molecule has 0 radical (unpaired) electrons. The zero-order chi connectivity index (χ0) is 26.2. The van der Waals surface area contributed by atoms with Crippen LogP contribution in [-0.2, 0) is 19.1 Å². The molecule has 2 aromatic carbocycles. The highest BCUT2D eigenvalue weighted by Crippen LogP contribution is 2.29. The highest BCUT2D eigenvalue weighted by atomic mass is 16.6. The fourth-order valence-corrected chi connectivity index (χ4v) is 2.99. The lowest BCUT2D eigenvalue weighted by atomic mass is 10.1. The molecule has 2 rings (SSSR count). The number of phenols is 1. The third kappa shape index (κ3) is 10.3. The Hall–Kier alpha value is -3.66. The molecule has 0 fully saturated rings. The number of carbonyl (C=O) groups is 2. The molecule has 0 aromatic heterocycles. The number of ether oxygens (including phenoxy) is 5. The maximum absolute atomic E-state index is 12.2. The molecule has 0 heterocycles. The van der Waals surface area contributed by atoms with E-state index in [-0.39, 0.29) is 23.7 Å². The first-order valence-electron chi connectivity index (χ1n) is 11.4. The number of hydrogen-bond acceptors (Lipinski definition) is 9. The number of ketones is 2. The summed E-state index contributed by atoms with van der Waals surface area (Å²) in [4.78, 5) is 24.3. The van der Waals surface area contributed by atoms with E-state index in [1.807, 2.05) is 0 Å². The molecule has 194 valence electrons. The number of carbonyl (C=O) groups excluding carboxylic acids is 2. The maximum Gasteiger partial charge on any atom is 0.163 e. The van der Waals surface area contributed by atoms with Crippen LogP contribution in [0, 0.1) is 0 Å². The second kappa shape index (κ2) is 16.1. The van der Waals surface area contributed by atoms with Crippen LogP contribution in [0.2, 0.25) is 0 Å². The fraction of sp³-hybridized carbons (Fsp3) is 0.333. The molecular weight excluding hydrogens is 466 g/mol. The topological polar surface area (TPSA) is 127 Å². The van der Waals surface area contributed by atoms with Crippen molar-refractivity contribution in [1.29, 1.82) is 0 Å². The number of phenolic OH excluding ortho intramolecular Hbond substituents is 1. The van der Waals surface area contributed by atoms with Gasteiger partial charge in [-0.15, -0.1) is 0 Å². The molecule has 9 nitrogen and oxygen atoms in total. The molecule has 0 unspecified atom stereocenters. The minimum Gasteiger partial charge on any atom is -0.504 e. The number of methoxy groups -OCH3 is 2. The van der Waals surface area contributed by atoms with Gasteiger partial charge in [0.2, 0.25) is 0 Å². The van der Waals surface area contributed by atoms with Gasteiger partial charge in [-0.2, -0.15) is 0 Å². The number of rotatable bonds is 17. The van der Waals surface area contributed by atoms with Gasteiger partial charge >= 0.3 is 0 Å². The highest BCUT2D eigenvalue weighted by Gasteiger charge is 2.07. The monoisotopic (exact) mass is 499 g/mol. The standard InChI is InChI=1S/C27H33NO8/c1-32-26-17-20(5-9-24(26)31)3-7-22(29)19-23(30)8-4-21-6-10-25(27(18-21)33-2)36-16-15-35-14-13-34-12-11-28/h3-10,17-18,31H,11-16,19,28H2,1-2H3. The van der Waals surface area contributed by atoms with Gasteiger partial charge in [0.1, 0.15) is 6.61 Å². The first-order chi connectivity index (χ1) is 17.5. The van der Waals surface area contributed by atoms with Crippen LogP contribution in [0.15, 0.2) is 48.6 Å². The summed E-state index contributed by atoms with van der Waals surface area (Å²) in [5, 5.41) is 9.63. The Balaban J connectivity index is 1.82. The zero-order valence-corrected chi connectivity index (χ0v) is 20.6. The van der Waals surface area contributed by atoms with E-state index in [1.54, 1.807) is 42.5 Å². The second-order valence-electron chi connectivity index (χ2n) is 7.48. The van der Waals surface area contributed by atoms with Crippen molar-refractivity contribution in [3.05, 3.63) is 59.7 Å². The zero-order valence-electron chi connectivity index (χ0n) is 20.6. The number of aromatic hydroxyl groups is 1. The summed E-state index contributed by atoms with van der Waals surface area (Å²) in [6.45, 7) is 2.67. The minimum absolute atomic E-state index is 0.00628. The molecule has 2 aromatic rings. The van der Waals surface area contributed by atoms with E-state index in [9.17, 15) is 14.7 Å². The van der Waals surface area contributed by atoms with Gasteiger partial charge in [0.05, 0.1) is 47.1 Å². The summed E-state index contributed by atoms with van der Waals surface area (Å²) in [6.07, 6.45) is 5.58. The van der Waals surface area contributed by atoms with Crippen molar-refractivity contribution in [2.24, 2.45) is 5.73 Å². The van der Waals surface area contributed by atoms with Gasteiger partial charge in [-0.05, 0) is 47.5 Å². The predicted molar refractivity (Wildman–Crippen MR) is 137 cm³/mol. The van der Waals surface area contributed by atoms with Crippen molar-refractivity contribution in [3.63, 3.8) is 0 Å². The van der Waals surface area contributed by atoms with Gasteiger partial charge in [0.25, 0.3) is 0 Å². The van der Waals surface area contributed by atoms with Crippen molar-refractivity contribution in [3.8, 4) is 23.0 Å². The summed E-state index contributed by atoms with van der Waals surface area (Å²) in [5.41, 5.74) is 6.73. The Morgan fingerprint density at radius 2 is 1.33 bits per heavy atom. The third-order valence-electron chi connectivity index (χ3n) is 4.78. The van der Waals surface area contributed by atoms with Gasteiger partial charge in [0.15, 0.2) is 34.6 Å². The van der Waals surface area contributed by atoms with Gasteiger partial charge in [-0.3, -0.25) is 9.59 Å². The lowest BCUT2D eigenvalue weighted by molar-refractivity contribution is -0.121. The molecule has 36 heavy (non-hydrogen) atoms. The molecule has 0 saturated heterocycles. The number of allylic oxidation sites excluding steroid dienone is 2. The van der Waals surface area contributed by atoms with Crippen molar-refractivity contribution in [1.82, 2.24) is 0 Å². The van der Waals surface area contributed by atoms with Crippen LogP contribution in [-0.4, -0.2) is 70.5 Å². The molecule has 0 saturated carbocycles. The van der Waals surface area contributed by atoms with Gasteiger partial charge in [-0.25, -0.2) is 0 Å². The minimum atomic E-state index is -0.341. The van der Waals surface area contributed by atoms with Crippen LogP contribution in [0.25, 0.3) is 12.2 Å². The predicted octanol–water partition coefficient (Wildman–Crippen LogP) is 3.04. The highest BCUT2D eigenvalue weighted by molar-refractivity contribution is 6.10. The molecule has 0 aliphatic rings. The van der Waals surface area contributed by atoms with E-state index in [4.69, 9.17) is 29.4 Å². The largest absolute Gasteiger partial charge is 0.504 e. The second-order valence-corrected chi connectivity index (χ2v) is 7.48. The molecule has 3 N–H and O–H groups in total. The lowest BCUT2D eigenvalue weighted by Crippen LogP contribution is -2.14. The Morgan fingerprint density at radius 1 is 0.778 bits per heavy atom. The van der Waals surface area contributed by atoms with Crippen LogP contribution in [0.4, 0.5) is 0 Å². The molecular formula is C27H33NO8. The quantitative estimate of drug-likeness (QED) is 0.192. The maximum atomic E-state index is 12.2. The summed E-state index contributed by atoms with van der Waals surface area (Å²) in [7, 11) is 2.97. The molecule has 0 aliphatic heterocycles. The lowest BCUT2D eigenvalue weighted by Gasteiger charge is -2.11. The third-order valence-corrected chi connectivity index (χ3v) is 4.78. The van der Waals surface area contributed by atoms with E-state index in [1.165, 1.54) is 32.4 Å². The molecule has 9 heteroatoms. The Morgan fingerprint density at radius 3 is 1.94 bits per heavy atom. The Bertz CT molecular complexity index is 1050. The van der Waals surface area contributed by atoms with Gasteiger partial charge in [-0.1, -0.05) is 24.3 Å². The normalized spacial score (nSPS) is 11.2. The van der Waals surface area contributed by atoms with E-state index < -0.39 is 0 Å². The van der Waals surface area contributed by atoms with E-state index in [0.717, 1.165) is 5.56 Å². The van der Waals surface area contributed by atoms with Crippen LogP contribution in [0.5, 0.6) is 23.0 Å². The average Bonchev–Trinajstić information content (AvgIpc) is 2.88. The van der Waals surface area contributed by atoms with Crippen molar-refractivity contribution in [2.75, 3.05) is 53.8 Å². The first-order valence-corrected chi connectivity index (χ1v) is 11.4. The SMILES string of the molecule is COc1cc(C=CC(=O)CC(=O)C=Cc2ccc(OCCOCCOCCN)c(OC)c2)ccc1O. The van der Waals surface area contributed by atoms with Crippen molar-refractivity contribution < 1.29 is 38.4 Å². The van der Waals surface area contributed by atoms with E-state index >= 15 is 0 Å². The van der Waals surface area contributed by atoms with Gasteiger partial charge < -0.3 is 34.5 Å². The molecule has 0 spiro atoms. The molecule has 0 bridgehead atoms. The fourth-order valence-electron chi connectivity index (χ4n) is 2.99. The smallest absolute Gasteiger partial charge is 0.163 e. The number of nitrogens with two attached hydrogens (primary N) is 1. The van der Waals surface area contributed by atoms with Gasteiger partial charge in [0, 0.05) is 6.54 Å². The van der Waals surface area contributed by atoms with Crippen molar-refractivity contribution in [2.45, 2.75) is 6.42 Å². The number of benzene rings is 2. The first kappa shape index (κ1) is 28.6.